The SMILES string of the molecule is CCOC(=O)c1nn(C[C@@H]2C[C@H](O[Si](C)(C)C(C)(C)C)CCO2)c2c1CC(F)(F)CC2. The summed E-state index contributed by atoms with van der Waals surface area (Å²) in [4.78, 5) is 12.3. The quantitative estimate of drug-likeness (QED) is 0.455. The predicted molar refractivity (Wildman–Crippen MR) is 116 cm³/mol. The summed E-state index contributed by atoms with van der Waals surface area (Å²) < 4.78 is 47.4. The molecule has 2 aliphatic rings. The molecule has 1 saturated heterocycles. The first-order valence-corrected chi connectivity index (χ1v) is 14.2. The van der Waals surface area contributed by atoms with Gasteiger partial charge in [-0.25, -0.2) is 13.6 Å². The molecule has 0 N–H and O–H groups in total. The van der Waals surface area contributed by atoms with Gasteiger partial charge < -0.3 is 13.9 Å². The highest BCUT2D eigenvalue weighted by Gasteiger charge is 2.42. The summed E-state index contributed by atoms with van der Waals surface area (Å²) in [6.07, 6.45) is 1.03. The second kappa shape index (κ2) is 8.90. The maximum Gasteiger partial charge on any atom is 0.359 e. The van der Waals surface area contributed by atoms with Crippen LogP contribution < -0.4 is 0 Å². The van der Waals surface area contributed by atoms with E-state index < -0.39 is 26.6 Å². The van der Waals surface area contributed by atoms with Crippen molar-refractivity contribution in [3.05, 3.63) is 17.0 Å². The van der Waals surface area contributed by atoms with Gasteiger partial charge in [0, 0.05) is 43.2 Å². The van der Waals surface area contributed by atoms with Crippen molar-refractivity contribution in [3.63, 3.8) is 0 Å². The molecule has 1 aromatic heterocycles. The summed E-state index contributed by atoms with van der Waals surface area (Å²) in [6.45, 7) is 14.0. The number of carbonyl (C=O) groups is 1. The molecule has 1 aliphatic carbocycles. The minimum atomic E-state index is -2.83. The van der Waals surface area contributed by atoms with E-state index in [4.69, 9.17) is 13.9 Å². The van der Waals surface area contributed by atoms with Crippen LogP contribution in [0.2, 0.25) is 18.1 Å². The van der Waals surface area contributed by atoms with E-state index in [1.54, 1.807) is 11.6 Å². The van der Waals surface area contributed by atoms with Crippen LogP contribution in [0.25, 0.3) is 0 Å². The van der Waals surface area contributed by atoms with Crippen molar-refractivity contribution in [1.82, 2.24) is 9.78 Å². The van der Waals surface area contributed by atoms with Gasteiger partial charge in [-0.2, -0.15) is 5.10 Å². The van der Waals surface area contributed by atoms with Gasteiger partial charge in [-0.1, -0.05) is 20.8 Å². The number of hydrogen-bond acceptors (Lipinski definition) is 5. The molecule has 0 saturated carbocycles. The summed E-state index contributed by atoms with van der Waals surface area (Å²) in [6, 6.07) is 0. The fourth-order valence-corrected chi connectivity index (χ4v) is 5.43. The molecule has 0 radical (unpaired) electrons. The number of halogens is 2. The van der Waals surface area contributed by atoms with Crippen LogP contribution in [0.15, 0.2) is 0 Å². The van der Waals surface area contributed by atoms with Crippen LogP contribution in [0.3, 0.4) is 0 Å². The van der Waals surface area contributed by atoms with Crippen molar-refractivity contribution in [1.29, 1.82) is 0 Å². The van der Waals surface area contributed by atoms with Crippen LogP contribution in [-0.4, -0.2) is 55.4 Å². The number of ether oxygens (including phenoxy) is 2. The third-order valence-corrected chi connectivity index (χ3v) is 11.3. The van der Waals surface area contributed by atoms with Gasteiger partial charge >= 0.3 is 5.97 Å². The summed E-state index contributed by atoms with van der Waals surface area (Å²) in [5, 5.41) is 4.53. The van der Waals surface area contributed by atoms with E-state index >= 15 is 0 Å². The zero-order chi connectivity index (χ0) is 23.0. The second-order valence-electron chi connectivity index (χ2n) is 10.2. The first-order valence-electron chi connectivity index (χ1n) is 11.3. The van der Waals surface area contributed by atoms with Crippen molar-refractivity contribution in [2.75, 3.05) is 13.2 Å². The van der Waals surface area contributed by atoms with Gasteiger partial charge in [-0.15, -0.1) is 0 Å². The highest BCUT2D eigenvalue weighted by Crippen LogP contribution is 2.39. The molecule has 31 heavy (non-hydrogen) atoms. The molecular weight excluding hydrogens is 422 g/mol. The van der Waals surface area contributed by atoms with Gasteiger partial charge in [-0.05, 0) is 37.9 Å². The van der Waals surface area contributed by atoms with Gasteiger partial charge in [0.2, 0.25) is 0 Å². The summed E-state index contributed by atoms with van der Waals surface area (Å²) in [5.74, 6) is -3.47. The highest BCUT2D eigenvalue weighted by atomic mass is 28.4. The molecule has 0 bridgehead atoms. The standard InChI is InChI=1S/C22H36F2N2O4Si/c1-7-28-20(27)19-17-13-22(23,24)10-8-18(17)26(25-19)14-16-12-15(9-11-29-16)30-31(5,6)21(2,3)4/h15-16H,7-14H2,1-6H3/t15-,16+/m1/s1. The van der Waals surface area contributed by atoms with E-state index in [0.717, 1.165) is 12.8 Å². The number of nitrogens with zero attached hydrogens (tertiary/aromatic N) is 2. The Morgan fingerprint density at radius 2 is 2.06 bits per heavy atom. The Morgan fingerprint density at radius 3 is 2.71 bits per heavy atom. The van der Waals surface area contributed by atoms with E-state index in [1.165, 1.54) is 0 Å². The zero-order valence-electron chi connectivity index (χ0n) is 19.6. The summed E-state index contributed by atoms with van der Waals surface area (Å²) in [7, 11) is -1.90. The molecule has 2 atom stereocenters. The summed E-state index contributed by atoms with van der Waals surface area (Å²) >= 11 is 0. The van der Waals surface area contributed by atoms with Gasteiger partial charge in [-0.3, -0.25) is 4.68 Å². The average molecular weight is 459 g/mol. The largest absolute Gasteiger partial charge is 0.461 e. The van der Waals surface area contributed by atoms with Gasteiger partial charge in [0.15, 0.2) is 14.0 Å². The van der Waals surface area contributed by atoms with Crippen molar-refractivity contribution < 1.29 is 27.5 Å². The molecule has 9 heteroatoms. The van der Waals surface area contributed by atoms with Crippen LogP contribution in [-0.2, 0) is 33.3 Å². The Morgan fingerprint density at radius 1 is 1.35 bits per heavy atom. The monoisotopic (exact) mass is 458 g/mol. The summed E-state index contributed by atoms with van der Waals surface area (Å²) in [5.41, 5.74) is 1.03. The Kier molecular flexibility index (Phi) is 6.98. The molecule has 0 aromatic carbocycles. The van der Waals surface area contributed by atoms with E-state index in [0.29, 0.717) is 24.4 Å². The normalized spacial score (nSPS) is 24.0. The molecule has 1 aromatic rings. The van der Waals surface area contributed by atoms with E-state index in [9.17, 15) is 13.6 Å². The van der Waals surface area contributed by atoms with Crippen molar-refractivity contribution in [3.8, 4) is 0 Å². The fraction of sp³-hybridized carbons (Fsp3) is 0.818. The Bertz CT molecular complexity index is 804. The zero-order valence-corrected chi connectivity index (χ0v) is 20.6. The molecule has 176 valence electrons. The molecule has 1 aliphatic heterocycles. The van der Waals surface area contributed by atoms with E-state index in [1.807, 2.05) is 0 Å². The number of fused-ring (bicyclic) bond motifs is 1. The first-order chi connectivity index (χ1) is 14.3. The fourth-order valence-electron chi connectivity index (χ4n) is 4.03. The number of hydrogen-bond donors (Lipinski definition) is 0. The maximum atomic E-state index is 14.1. The molecule has 6 nitrogen and oxygen atoms in total. The number of rotatable bonds is 6. The van der Waals surface area contributed by atoms with Gasteiger partial charge in [0.1, 0.15) is 0 Å². The lowest BCUT2D eigenvalue weighted by molar-refractivity contribution is -0.0476. The predicted octanol–water partition coefficient (Wildman–Crippen LogP) is 4.75. The Hall–Kier alpha value is -1.32. The van der Waals surface area contributed by atoms with Gasteiger partial charge in [0.05, 0.1) is 19.3 Å². The number of alkyl halides is 2. The van der Waals surface area contributed by atoms with Crippen LogP contribution in [0.4, 0.5) is 8.78 Å². The smallest absolute Gasteiger partial charge is 0.359 e. The first kappa shape index (κ1) is 24.3. The molecule has 1 fully saturated rings. The number of aromatic nitrogens is 2. The molecule has 3 rings (SSSR count). The molecule has 0 spiro atoms. The third-order valence-electron chi connectivity index (χ3n) is 6.76. The third kappa shape index (κ3) is 5.54. The number of carbonyl (C=O) groups excluding carboxylic acids is 1. The van der Waals surface area contributed by atoms with E-state index in [-0.39, 0.29) is 42.4 Å². The lowest BCUT2D eigenvalue weighted by atomic mass is 9.92. The molecule has 0 amide bonds. The average Bonchev–Trinajstić information content (AvgIpc) is 2.97. The van der Waals surface area contributed by atoms with Crippen LogP contribution >= 0.6 is 0 Å². The van der Waals surface area contributed by atoms with Crippen molar-refractivity contribution in [2.24, 2.45) is 0 Å². The van der Waals surface area contributed by atoms with Gasteiger partial charge in [0.25, 0.3) is 5.92 Å². The lowest BCUT2D eigenvalue weighted by Crippen LogP contribution is -2.46. The van der Waals surface area contributed by atoms with E-state index in [2.05, 4.69) is 39.0 Å². The molecule has 0 unspecified atom stereocenters. The minimum Gasteiger partial charge on any atom is -0.461 e. The van der Waals surface area contributed by atoms with Crippen LogP contribution in [0.5, 0.6) is 0 Å². The highest BCUT2D eigenvalue weighted by molar-refractivity contribution is 6.74. The topological polar surface area (TPSA) is 62.6 Å². The Balaban J connectivity index is 1.77. The molecular formula is C22H36F2N2O4Si. The Labute approximate surface area is 184 Å². The van der Waals surface area contributed by atoms with Crippen molar-refractivity contribution >= 4 is 14.3 Å². The minimum absolute atomic E-state index is 0.0149. The molecule has 2 heterocycles. The van der Waals surface area contributed by atoms with Crippen molar-refractivity contribution in [2.45, 2.75) is 103 Å². The van der Waals surface area contributed by atoms with Crippen LogP contribution in [0, 0.1) is 0 Å². The maximum absolute atomic E-state index is 14.1. The lowest BCUT2D eigenvalue weighted by Gasteiger charge is -2.41. The second-order valence-corrected chi connectivity index (χ2v) is 15.0. The van der Waals surface area contributed by atoms with Crippen LogP contribution in [0.1, 0.15) is 68.7 Å². The number of esters is 1.